The van der Waals surface area contributed by atoms with Gasteiger partial charge in [0.1, 0.15) is 10.7 Å². The molecule has 1 aliphatic rings. The molecule has 0 bridgehead atoms. The van der Waals surface area contributed by atoms with E-state index in [9.17, 15) is 13.2 Å². The number of nitrogens with two attached hydrogens (primary N) is 1. The van der Waals surface area contributed by atoms with Gasteiger partial charge in [0.15, 0.2) is 6.04 Å². The number of likely N-dealkylation sites (N-methyl/N-ethyl adjacent to an activating group) is 1. The van der Waals surface area contributed by atoms with Gasteiger partial charge in [0.25, 0.3) is 0 Å². The van der Waals surface area contributed by atoms with Crippen molar-refractivity contribution >= 4 is 35.5 Å². The monoisotopic (exact) mass is 610 g/mol. The normalized spacial score (nSPS) is 17.6. The van der Waals surface area contributed by atoms with Gasteiger partial charge in [-0.15, -0.1) is 0 Å². The molecule has 0 saturated heterocycles. The predicted molar refractivity (Wildman–Crippen MR) is 170 cm³/mol. The molecule has 0 spiro atoms. The van der Waals surface area contributed by atoms with E-state index in [1.807, 2.05) is 112 Å². The highest BCUT2D eigenvalue weighted by Crippen LogP contribution is 2.43. The molecule has 3 aromatic rings. The summed E-state index contributed by atoms with van der Waals surface area (Å²) in [6.07, 6.45) is -1.65. The van der Waals surface area contributed by atoms with Crippen molar-refractivity contribution in [2.45, 2.75) is 49.7 Å². The van der Waals surface area contributed by atoms with Crippen LogP contribution in [0.5, 0.6) is 0 Å². The number of alkyl halides is 3. The van der Waals surface area contributed by atoms with Gasteiger partial charge in [-0.1, -0.05) is 115 Å². The van der Waals surface area contributed by atoms with Crippen LogP contribution in [0.4, 0.5) is 13.2 Å². The Morgan fingerprint density at radius 3 is 1.74 bits per heavy atom. The number of halogens is 4. The molecule has 2 N–H and O–H groups in total. The van der Waals surface area contributed by atoms with Crippen molar-refractivity contribution in [2.24, 2.45) is 15.7 Å². The van der Waals surface area contributed by atoms with Gasteiger partial charge in [-0.05, 0) is 44.5 Å². The fraction of sp³-hybridized carbons (Fsp3) is 0.273. The molecule has 1 aliphatic heterocycles. The van der Waals surface area contributed by atoms with Crippen LogP contribution in [-0.4, -0.2) is 40.2 Å². The average molecular weight is 611 g/mol. The van der Waals surface area contributed by atoms with Crippen molar-refractivity contribution < 1.29 is 13.2 Å². The number of benzene rings is 3. The van der Waals surface area contributed by atoms with Crippen LogP contribution in [0.3, 0.4) is 0 Å². The summed E-state index contributed by atoms with van der Waals surface area (Å²) in [6, 6.07) is 26.9. The van der Waals surface area contributed by atoms with Crippen molar-refractivity contribution in [2.75, 3.05) is 7.05 Å². The summed E-state index contributed by atoms with van der Waals surface area (Å²) in [4.78, 5) is 9.55. The molecule has 0 fully saturated rings. The lowest BCUT2D eigenvalue weighted by atomic mass is 9.77. The minimum absolute atomic E-state index is 0.0203. The molecule has 1 unspecified atom stereocenters. The molecule has 9 heteroatoms. The summed E-state index contributed by atoms with van der Waals surface area (Å²) < 4.78 is 44.8. The van der Waals surface area contributed by atoms with Gasteiger partial charge in [0.2, 0.25) is 0 Å². The Balaban J connectivity index is 2.08. The first kappa shape index (κ1) is 31.6. The highest BCUT2D eigenvalue weighted by Gasteiger charge is 2.47. The number of aliphatic imine (C=N–C) groups is 2. The molecule has 42 heavy (non-hydrogen) atoms. The van der Waals surface area contributed by atoms with Gasteiger partial charge < -0.3 is 5.73 Å². The molecule has 1 heterocycles. The number of hydrogen-bond donors (Lipinski definition) is 1. The predicted octanol–water partition coefficient (Wildman–Crippen LogP) is 8.50. The summed E-state index contributed by atoms with van der Waals surface area (Å²) in [6.45, 7) is 5.56. The lowest BCUT2D eigenvalue weighted by molar-refractivity contribution is -0.158. The Morgan fingerprint density at radius 1 is 0.881 bits per heavy atom. The SMILES string of the molecule is CN(SC(C)(C)C)C(/C(N)=C1\CC=NC(Cl)=CC1=NC(c1ccccc1)(c1ccccc1)c1ccccc1)C(F)(F)F. The standard InChI is InChI=1S/C33H34ClF3N4S/c1-31(2,3)42-41(4)30(33(35,36)37)29(38)26-20-21-39-28(34)22-27(26)40-32(23-14-8-5-9-15-23,24-16-10-6-11-17-24)25-18-12-7-13-19-25/h5-19,21-22,30H,20,38H2,1-4H3/b29-26-,40-27?. The zero-order valence-corrected chi connectivity index (χ0v) is 25.5. The highest BCUT2D eigenvalue weighted by molar-refractivity contribution is 7.98. The molecule has 0 saturated carbocycles. The van der Waals surface area contributed by atoms with Crippen molar-refractivity contribution in [3.8, 4) is 0 Å². The fourth-order valence-electron chi connectivity index (χ4n) is 5.07. The largest absolute Gasteiger partial charge is 0.410 e. The molecule has 1 atom stereocenters. The van der Waals surface area contributed by atoms with E-state index in [1.54, 1.807) is 0 Å². The second kappa shape index (κ2) is 12.9. The maximum atomic E-state index is 14.7. The Hall–Kier alpha value is -3.33. The lowest BCUT2D eigenvalue weighted by Gasteiger charge is -2.35. The lowest BCUT2D eigenvalue weighted by Crippen LogP contribution is -2.46. The molecule has 0 radical (unpaired) electrons. The summed E-state index contributed by atoms with van der Waals surface area (Å²) in [5.41, 5.74) is 7.97. The van der Waals surface area contributed by atoms with Gasteiger partial charge in [-0.25, -0.2) is 9.30 Å². The topological polar surface area (TPSA) is 54.0 Å². The maximum absolute atomic E-state index is 14.7. The Labute approximate surface area is 255 Å². The first-order valence-corrected chi connectivity index (χ1v) is 14.6. The van der Waals surface area contributed by atoms with E-state index in [0.717, 1.165) is 28.6 Å². The van der Waals surface area contributed by atoms with Gasteiger partial charge in [0.05, 0.1) is 5.71 Å². The van der Waals surface area contributed by atoms with Crippen molar-refractivity contribution in [1.82, 2.24) is 4.31 Å². The number of allylic oxidation sites excluding steroid dienone is 2. The molecule has 4 nitrogen and oxygen atoms in total. The number of nitrogens with zero attached hydrogens (tertiary/aromatic N) is 3. The van der Waals surface area contributed by atoms with Crippen molar-refractivity contribution in [3.63, 3.8) is 0 Å². The van der Waals surface area contributed by atoms with Crippen LogP contribution in [0.15, 0.2) is 123 Å². The third-order valence-corrected chi connectivity index (χ3v) is 7.93. The fourth-order valence-corrected chi connectivity index (χ4v) is 6.45. The van der Waals surface area contributed by atoms with Gasteiger partial charge in [-0.3, -0.25) is 4.99 Å². The Bertz CT molecular complexity index is 1380. The molecule has 0 aliphatic carbocycles. The highest BCUT2D eigenvalue weighted by atomic mass is 35.5. The first-order valence-electron chi connectivity index (χ1n) is 13.5. The molecule has 3 aromatic carbocycles. The van der Waals surface area contributed by atoms with E-state index in [2.05, 4.69) is 4.99 Å². The van der Waals surface area contributed by atoms with Crippen molar-refractivity contribution in [1.29, 1.82) is 0 Å². The number of hydrogen-bond acceptors (Lipinski definition) is 5. The first-order chi connectivity index (χ1) is 19.8. The molecule has 220 valence electrons. The third kappa shape index (κ3) is 7.17. The van der Waals surface area contributed by atoms with Crippen LogP contribution in [0.1, 0.15) is 43.9 Å². The van der Waals surface area contributed by atoms with E-state index in [-0.39, 0.29) is 28.6 Å². The smallest absolute Gasteiger partial charge is 0.400 e. The van der Waals surface area contributed by atoms with Gasteiger partial charge in [0, 0.05) is 34.7 Å². The van der Waals surface area contributed by atoms with Crippen LogP contribution in [-0.2, 0) is 5.54 Å². The zero-order valence-electron chi connectivity index (χ0n) is 23.9. The second-order valence-corrected chi connectivity index (χ2v) is 13.3. The number of rotatable bonds is 7. The summed E-state index contributed by atoms with van der Waals surface area (Å²) in [5, 5.41) is 0.0978. The van der Waals surface area contributed by atoms with E-state index >= 15 is 0 Å². The van der Waals surface area contributed by atoms with Crippen LogP contribution >= 0.6 is 23.5 Å². The van der Waals surface area contributed by atoms with Crippen LogP contribution < -0.4 is 5.73 Å². The Morgan fingerprint density at radius 2 is 1.33 bits per heavy atom. The Kier molecular flexibility index (Phi) is 9.70. The molecule has 0 aromatic heterocycles. The molecule has 4 rings (SSSR count). The van der Waals surface area contributed by atoms with Gasteiger partial charge in [-0.2, -0.15) is 13.2 Å². The third-order valence-electron chi connectivity index (χ3n) is 6.67. The van der Waals surface area contributed by atoms with E-state index in [0.29, 0.717) is 0 Å². The molecule has 0 amide bonds. The summed E-state index contributed by atoms with van der Waals surface area (Å²) in [5.74, 6) is 0. The summed E-state index contributed by atoms with van der Waals surface area (Å²) >= 11 is 7.53. The summed E-state index contributed by atoms with van der Waals surface area (Å²) in [7, 11) is 1.41. The molecular weight excluding hydrogens is 577 g/mol. The van der Waals surface area contributed by atoms with Crippen molar-refractivity contribution in [3.05, 3.63) is 130 Å². The van der Waals surface area contributed by atoms with Crippen LogP contribution in [0.25, 0.3) is 0 Å². The minimum atomic E-state index is -4.65. The quantitative estimate of drug-likeness (QED) is 0.166. The van der Waals surface area contributed by atoms with E-state index in [1.165, 1.54) is 23.6 Å². The van der Waals surface area contributed by atoms with Gasteiger partial charge >= 0.3 is 6.18 Å². The van der Waals surface area contributed by atoms with Crippen LogP contribution in [0, 0.1) is 0 Å². The zero-order chi connectivity index (χ0) is 30.5. The van der Waals surface area contributed by atoms with E-state index in [4.69, 9.17) is 22.3 Å². The van der Waals surface area contributed by atoms with E-state index < -0.39 is 22.5 Å². The maximum Gasteiger partial charge on any atom is 0.410 e. The molecular formula is C33H34ClF3N4S. The minimum Gasteiger partial charge on any atom is -0.400 e. The van der Waals surface area contributed by atoms with Crippen LogP contribution in [0.2, 0.25) is 0 Å². The average Bonchev–Trinajstić information content (AvgIpc) is 3.12. The second-order valence-electron chi connectivity index (χ2n) is 10.9.